The first-order valence-electron chi connectivity index (χ1n) is 8.19. The van der Waals surface area contributed by atoms with Crippen LogP contribution in [0.1, 0.15) is 58.2 Å². The molecule has 124 valence electrons. The van der Waals surface area contributed by atoms with E-state index in [2.05, 4.69) is 59.7 Å². The molecule has 0 aliphatic rings. The molecule has 0 unspecified atom stereocenters. The molecule has 0 aliphatic heterocycles. The van der Waals surface area contributed by atoms with E-state index in [0.29, 0.717) is 6.61 Å². The molecule has 0 heterocycles. The third-order valence-corrected chi connectivity index (χ3v) is 4.03. The monoisotopic (exact) mass is 311 g/mol. The van der Waals surface area contributed by atoms with Crippen molar-refractivity contribution in [3.05, 3.63) is 59.2 Å². The molecule has 0 saturated heterocycles. The SMILES string of the molecule is CC(C)(C)c1ccc(OCc2ccc(N)cc2)c(C(C)(C)C)c1. The highest BCUT2D eigenvalue weighted by molar-refractivity contribution is 5.44. The van der Waals surface area contributed by atoms with E-state index in [0.717, 1.165) is 17.0 Å². The second-order valence-electron chi connectivity index (χ2n) is 8.24. The summed E-state index contributed by atoms with van der Waals surface area (Å²) >= 11 is 0. The number of ether oxygens (including phenoxy) is 1. The van der Waals surface area contributed by atoms with Crippen molar-refractivity contribution in [2.24, 2.45) is 0 Å². The molecule has 2 aromatic carbocycles. The summed E-state index contributed by atoms with van der Waals surface area (Å²) in [6, 6.07) is 14.4. The molecule has 2 nitrogen and oxygen atoms in total. The summed E-state index contributed by atoms with van der Waals surface area (Å²) in [5, 5.41) is 0. The van der Waals surface area contributed by atoms with Gasteiger partial charge in [0.05, 0.1) is 0 Å². The zero-order valence-corrected chi connectivity index (χ0v) is 15.2. The second-order valence-corrected chi connectivity index (χ2v) is 8.24. The topological polar surface area (TPSA) is 35.2 Å². The third kappa shape index (κ3) is 4.51. The van der Waals surface area contributed by atoms with Crippen LogP contribution in [0.3, 0.4) is 0 Å². The molecule has 0 saturated carbocycles. The summed E-state index contributed by atoms with van der Waals surface area (Å²) in [5.74, 6) is 0.960. The molecule has 0 fully saturated rings. The quantitative estimate of drug-likeness (QED) is 0.766. The van der Waals surface area contributed by atoms with Gasteiger partial charge in [-0.3, -0.25) is 0 Å². The lowest BCUT2D eigenvalue weighted by molar-refractivity contribution is 0.297. The number of hydrogen-bond donors (Lipinski definition) is 1. The average molecular weight is 311 g/mol. The highest BCUT2D eigenvalue weighted by Gasteiger charge is 2.23. The molecule has 0 aromatic heterocycles. The average Bonchev–Trinajstić information content (AvgIpc) is 2.44. The van der Waals surface area contributed by atoms with Crippen LogP contribution in [0, 0.1) is 0 Å². The van der Waals surface area contributed by atoms with Crippen LogP contribution in [-0.4, -0.2) is 0 Å². The number of hydrogen-bond acceptors (Lipinski definition) is 2. The van der Waals surface area contributed by atoms with Gasteiger partial charge in [-0.25, -0.2) is 0 Å². The molecular weight excluding hydrogens is 282 g/mol. The smallest absolute Gasteiger partial charge is 0.123 e. The lowest BCUT2D eigenvalue weighted by Gasteiger charge is -2.27. The molecule has 0 spiro atoms. The van der Waals surface area contributed by atoms with Gasteiger partial charge in [0, 0.05) is 5.69 Å². The summed E-state index contributed by atoms with van der Waals surface area (Å²) in [7, 11) is 0. The molecule has 2 N–H and O–H groups in total. The number of benzene rings is 2. The summed E-state index contributed by atoms with van der Waals surface area (Å²) in [4.78, 5) is 0. The lowest BCUT2D eigenvalue weighted by Crippen LogP contribution is -2.17. The molecule has 2 heteroatoms. The predicted octanol–water partition coefficient (Wildman–Crippen LogP) is 5.44. The Kier molecular flexibility index (Phi) is 4.74. The van der Waals surface area contributed by atoms with Crippen LogP contribution in [0.2, 0.25) is 0 Å². The minimum atomic E-state index is 0.0394. The van der Waals surface area contributed by atoms with Gasteiger partial charge in [-0.05, 0) is 45.7 Å². The van der Waals surface area contributed by atoms with E-state index >= 15 is 0 Å². The highest BCUT2D eigenvalue weighted by atomic mass is 16.5. The summed E-state index contributed by atoms with van der Waals surface area (Å²) < 4.78 is 6.12. The van der Waals surface area contributed by atoms with Crippen molar-refractivity contribution in [1.29, 1.82) is 0 Å². The summed E-state index contributed by atoms with van der Waals surface area (Å²) in [6.07, 6.45) is 0. The Labute approximate surface area is 140 Å². The Hall–Kier alpha value is -1.96. The van der Waals surface area contributed by atoms with Crippen LogP contribution in [0.5, 0.6) is 5.75 Å². The molecule has 23 heavy (non-hydrogen) atoms. The minimum absolute atomic E-state index is 0.0394. The van der Waals surface area contributed by atoms with Crippen LogP contribution in [0.25, 0.3) is 0 Å². The Bertz CT molecular complexity index is 658. The maximum atomic E-state index is 6.12. The maximum absolute atomic E-state index is 6.12. The fourth-order valence-corrected chi connectivity index (χ4v) is 2.48. The Morgan fingerprint density at radius 1 is 0.826 bits per heavy atom. The minimum Gasteiger partial charge on any atom is -0.489 e. The van der Waals surface area contributed by atoms with Crippen molar-refractivity contribution >= 4 is 5.69 Å². The third-order valence-electron chi connectivity index (χ3n) is 4.03. The van der Waals surface area contributed by atoms with Gasteiger partial charge in [0.1, 0.15) is 12.4 Å². The van der Waals surface area contributed by atoms with E-state index in [1.54, 1.807) is 0 Å². The van der Waals surface area contributed by atoms with Crippen molar-refractivity contribution in [2.45, 2.75) is 59.0 Å². The van der Waals surface area contributed by atoms with E-state index in [-0.39, 0.29) is 10.8 Å². The van der Waals surface area contributed by atoms with Crippen molar-refractivity contribution in [3.8, 4) is 5.75 Å². The van der Waals surface area contributed by atoms with E-state index in [1.807, 2.05) is 24.3 Å². The van der Waals surface area contributed by atoms with Gasteiger partial charge in [0.2, 0.25) is 0 Å². The standard InChI is InChI=1S/C21H29NO/c1-20(2,3)16-9-12-19(18(13-16)21(4,5)6)23-14-15-7-10-17(22)11-8-15/h7-13H,14,22H2,1-6H3. The summed E-state index contributed by atoms with van der Waals surface area (Å²) in [5.41, 5.74) is 10.4. The Morgan fingerprint density at radius 3 is 1.96 bits per heavy atom. The first-order chi connectivity index (χ1) is 10.6. The Morgan fingerprint density at radius 2 is 1.43 bits per heavy atom. The van der Waals surface area contributed by atoms with E-state index in [4.69, 9.17) is 10.5 Å². The maximum Gasteiger partial charge on any atom is 0.123 e. The first-order valence-corrected chi connectivity index (χ1v) is 8.19. The number of nitrogen functional groups attached to an aromatic ring is 1. The van der Waals surface area contributed by atoms with Crippen molar-refractivity contribution in [2.75, 3.05) is 5.73 Å². The van der Waals surface area contributed by atoms with Gasteiger partial charge in [0.25, 0.3) is 0 Å². The fraction of sp³-hybridized carbons (Fsp3) is 0.429. The fourth-order valence-electron chi connectivity index (χ4n) is 2.48. The van der Waals surface area contributed by atoms with Crippen molar-refractivity contribution in [3.63, 3.8) is 0 Å². The predicted molar refractivity (Wildman–Crippen MR) is 99.0 cm³/mol. The largest absolute Gasteiger partial charge is 0.489 e. The van der Waals surface area contributed by atoms with Gasteiger partial charge in [-0.1, -0.05) is 65.8 Å². The summed E-state index contributed by atoms with van der Waals surface area (Å²) in [6.45, 7) is 14.0. The first kappa shape index (κ1) is 17.4. The zero-order valence-electron chi connectivity index (χ0n) is 15.2. The highest BCUT2D eigenvalue weighted by Crippen LogP contribution is 2.35. The van der Waals surface area contributed by atoms with E-state index < -0.39 is 0 Å². The molecule has 2 aromatic rings. The molecule has 0 aliphatic carbocycles. The van der Waals surface area contributed by atoms with Gasteiger partial charge >= 0.3 is 0 Å². The van der Waals surface area contributed by atoms with Crippen molar-refractivity contribution < 1.29 is 4.74 Å². The number of anilines is 1. The van der Waals surface area contributed by atoms with Crippen LogP contribution in [-0.2, 0) is 17.4 Å². The van der Waals surface area contributed by atoms with Crippen LogP contribution in [0.4, 0.5) is 5.69 Å². The molecule has 0 bridgehead atoms. The van der Waals surface area contributed by atoms with Gasteiger partial charge in [-0.15, -0.1) is 0 Å². The molecule has 0 atom stereocenters. The van der Waals surface area contributed by atoms with E-state index in [1.165, 1.54) is 11.1 Å². The van der Waals surface area contributed by atoms with Crippen LogP contribution in [0.15, 0.2) is 42.5 Å². The normalized spacial score (nSPS) is 12.3. The van der Waals surface area contributed by atoms with Gasteiger partial charge < -0.3 is 10.5 Å². The molecule has 0 amide bonds. The Balaban J connectivity index is 2.28. The molecule has 0 radical (unpaired) electrons. The number of nitrogens with two attached hydrogens (primary N) is 1. The second kappa shape index (κ2) is 6.27. The van der Waals surface area contributed by atoms with E-state index in [9.17, 15) is 0 Å². The number of rotatable bonds is 3. The van der Waals surface area contributed by atoms with Gasteiger partial charge in [-0.2, -0.15) is 0 Å². The van der Waals surface area contributed by atoms with Crippen LogP contribution < -0.4 is 10.5 Å². The lowest BCUT2D eigenvalue weighted by atomic mass is 9.80. The molecule has 2 rings (SSSR count). The van der Waals surface area contributed by atoms with Gasteiger partial charge in [0.15, 0.2) is 0 Å². The molecular formula is C21H29NO. The van der Waals surface area contributed by atoms with Crippen molar-refractivity contribution in [1.82, 2.24) is 0 Å². The van der Waals surface area contributed by atoms with Crippen LogP contribution >= 0.6 is 0 Å². The zero-order chi connectivity index (χ0) is 17.3.